The number of rotatable bonds is 10. The van der Waals surface area contributed by atoms with Crippen LogP contribution in [-0.2, 0) is 17.7 Å². The second-order valence-corrected chi connectivity index (χ2v) is 5.53. The Balaban J connectivity index is 0.00000364. The summed E-state index contributed by atoms with van der Waals surface area (Å²) in [5.74, 6) is 3.06. The van der Waals surface area contributed by atoms with Crippen molar-refractivity contribution in [3.63, 3.8) is 0 Å². The molecule has 0 amide bonds. The van der Waals surface area contributed by atoms with Crippen molar-refractivity contribution in [2.45, 2.75) is 13.0 Å². The van der Waals surface area contributed by atoms with Gasteiger partial charge in [-0.15, -0.1) is 24.0 Å². The van der Waals surface area contributed by atoms with Crippen LogP contribution in [0.1, 0.15) is 11.3 Å². The van der Waals surface area contributed by atoms with E-state index in [0.29, 0.717) is 31.2 Å². The molecule has 1 aromatic heterocycles. The van der Waals surface area contributed by atoms with E-state index in [0.717, 1.165) is 30.2 Å². The number of guanidine groups is 1. The van der Waals surface area contributed by atoms with Crippen LogP contribution in [0.15, 0.2) is 46.0 Å². The van der Waals surface area contributed by atoms with Gasteiger partial charge in [0.15, 0.2) is 17.5 Å². The SMILES string of the molecule is COCCNC(=NCc1ccc(OC)c(OC)c1)NCCc1ccco1.I. The van der Waals surface area contributed by atoms with E-state index < -0.39 is 0 Å². The molecule has 1 heterocycles. The van der Waals surface area contributed by atoms with Crippen molar-refractivity contribution in [1.82, 2.24) is 10.6 Å². The maximum absolute atomic E-state index is 5.34. The second-order valence-electron chi connectivity index (χ2n) is 5.53. The highest BCUT2D eigenvalue weighted by Gasteiger charge is 2.05. The standard InChI is InChI=1S/C19H27N3O4.HI/c1-23-12-10-21-19(20-9-8-16-5-4-11-26-16)22-14-15-6-7-17(24-2)18(13-15)25-3;/h4-7,11,13H,8-10,12,14H2,1-3H3,(H2,20,21,22);1H. The van der Waals surface area contributed by atoms with E-state index >= 15 is 0 Å². The Morgan fingerprint density at radius 3 is 2.48 bits per heavy atom. The number of nitrogens with zero attached hydrogens (tertiary/aromatic N) is 1. The highest BCUT2D eigenvalue weighted by Crippen LogP contribution is 2.27. The summed E-state index contributed by atoms with van der Waals surface area (Å²) in [5, 5.41) is 6.56. The number of methoxy groups -OCH3 is 3. The van der Waals surface area contributed by atoms with Gasteiger partial charge >= 0.3 is 0 Å². The number of nitrogens with one attached hydrogen (secondary N) is 2. The fourth-order valence-electron chi connectivity index (χ4n) is 2.35. The van der Waals surface area contributed by atoms with E-state index in [1.807, 2.05) is 30.3 Å². The lowest BCUT2D eigenvalue weighted by Crippen LogP contribution is -2.40. The van der Waals surface area contributed by atoms with Crippen molar-refractivity contribution in [2.24, 2.45) is 4.99 Å². The lowest BCUT2D eigenvalue weighted by molar-refractivity contribution is 0.203. The van der Waals surface area contributed by atoms with Crippen LogP contribution >= 0.6 is 24.0 Å². The predicted octanol–water partition coefficient (Wildman–Crippen LogP) is 2.84. The van der Waals surface area contributed by atoms with Gasteiger partial charge in [-0.2, -0.15) is 0 Å². The average Bonchev–Trinajstić information content (AvgIpc) is 3.19. The molecule has 0 aliphatic carbocycles. The van der Waals surface area contributed by atoms with Crippen LogP contribution in [0.5, 0.6) is 11.5 Å². The van der Waals surface area contributed by atoms with Gasteiger partial charge in [0.25, 0.3) is 0 Å². The van der Waals surface area contributed by atoms with Crippen molar-refractivity contribution in [3.05, 3.63) is 47.9 Å². The second kappa shape index (κ2) is 13.3. The van der Waals surface area contributed by atoms with Gasteiger partial charge in [-0.1, -0.05) is 6.07 Å². The van der Waals surface area contributed by atoms with E-state index in [1.54, 1.807) is 27.6 Å². The number of furan rings is 1. The Morgan fingerprint density at radius 1 is 1.04 bits per heavy atom. The lowest BCUT2D eigenvalue weighted by Gasteiger charge is -2.13. The molecule has 7 nitrogen and oxygen atoms in total. The molecule has 0 aliphatic rings. The zero-order valence-corrected chi connectivity index (χ0v) is 18.3. The first-order chi connectivity index (χ1) is 12.8. The maximum Gasteiger partial charge on any atom is 0.191 e. The number of halogens is 1. The molecule has 0 saturated heterocycles. The van der Waals surface area contributed by atoms with Crippen LogP contribution < -0.4 is 20.1 Å². The molecule has 0 saturated carbocycles. The molecule has 2 N–H and O–H groups in total. The van der Waals surface area contributed by atoms with Crippen LogP contribution in [0.2, 0.25) is 0 Å². The van der Waals surface area contributed by atoms with Gasteiger partial charge in [0.2, 0.25) is 0 Å². The quantitative estimate of drug-likeness (QED) is 0.232. The van der Waals surface area contributed by atoms with E-state index in [2.05, 4.69) is 15.6 Å². The maximum atomic E-state index is 5.34. The summed E-state index contributed by atoms with van der Waals surface area (Å²) in [7, 11) is 4.92. The van der Waals surface area contributed by atoms with Crippen molar-refractivity contribution >= 4 is 29.9 Å². The van der Waals surface area contributed by atoms with E-state index in [9.17, 15) is 0 Å². The van der Waals surface area contributed by atoms with Crippen LogP contribution in [0, 0.1) is 0 Å². The Hall–Kier alpha value is -1.94. The zero-order valence-electron chi connectivity index (χ0n) is 16.0. The Labute approximate surface area is 177 Å². The van der Waals surface area contributed by atoms with Crippen molar-refractivity contribution in [2.75, 3.05) is 41.0 Å². The topological polar surface area (TPSA) is 77.2 Å². The summed E-state index contributed by atoms with van der Waals surface area (Å²) in [6.07, 6.45) is 2.46. The van der Waals surface area contributed by atoms with E-state index in [-0.39, 0.29) is 24.0 Å². The molecule has 0 aliphatic heterocycles. The first-order valence-electron chi connectivity index (χ1n) is 8.51. The molecule has 0 atom stereocenters. The van der Waals surface area contributed by atoms with Gasteiger partial charge in [-0.25, -0.2) is 4.99 Å². The summed E-state index contributed by atoms with van der Waals surface area (Å²) in [5.41, 5.74) is 1.03. The number of hydrogen-bond donors (Lipinski definition) is 2. The molecule has 0 bridgehead atoms. The first-order valence-corrected chi connectivity index (χ1v) is 8.51. The number of benzene rings is 1. The molecule has 2 aromatic rings. The smallest absolute Gasteiger partial charge is 0.191 e. The molecule has 150 valence electrons. The van der Waals surface area contributed by atoms with Crippen LogP contribution in [-0.4, -0.2) is 47.0 Å². The highest BCUT2D eigenvalue weighted by molar-refractivity contribution is 14.0. The predicted molar refractivity (Wildman–Crippen MR) is 116 cm³/mol. The molecule has 1 aromatic carbocycles. The average molecular weight is 489 g/mol. The van der Waals surface area contributed by atoms with Gasteiger partial charge in [-0.3, -0.25) is 0 Å². The van der Waals surface area contributed by atoms with Gasteiger partial charge in [0.05, 0.1) is 33.6 Å². The largest absolute Gasteiger partial charge is 0.493 e. The van der Waals surface area contributed by atoms with E-state index in [1.165, 1.54) is 0 Å². The molecule has 2 rings (SSSR count). The zero-order chi connectivity index (χ0) is 18.6. The minimum absolute atomic E-state index is 0. The molecule has 8 heteroatoms. The minimum atomic E-state index is 0. The summed E-state index contributed by atoms with van der Waals surface area (Å²) >= 11 is 0. The van der Waals surface area contributed by atoms with Gasteiger partial charge in [0.1, 0.15) is 5.76 Å². The van der Waals surface area contributed by atoms with Crippen LogP contribution in [0.4, 0.5) is 0 Å². The van der Waals surface area contributed by atoms with Crippen molar-refractivity contribution in [1.29, 1.82) is 0 Å². The third-order valence-corrected chi connectivity index (χ3v) is 3.71. The third kappa shape index (κ3) is 8.08. The third-order valence-electron chi connectivity index (χ3n) is 3.71. The Kier molecular flexibility index (Phi) is 11.3. The Bertz CT molecular complexity index is 678. The lowest BCUT2D eigenvalue weighted by atomic mass is 10.2. The van der Waals surface area contributed by atoms with Crippen molar-refractivity contribution in [3.8, 4) is 11.5 Å². The first kappa shape index (κ1) is 23.1. The fourth-order valence-corrected chi connectivity index (χ4v) is 2.35. The Morgan fingerprint density at radius 2 is 1.81 bits per heavy atom. The summed E-state index contributed by atoms with van der Waals surface area (Å²) in [6.45, 7) is 2.52. The minimum Gasteiger partial charge on any atom is -0.493 e. The van der Waals surface area contributed by atoms with E-state index in [4.69, 9.17) is 18.6 Å². The van der Waals surface area contributed by atoms with Gasteiger partial charge < -0.3 is 29.3 Å². The number of aliphatic imine (C=N–C) groups is 1. The normalized spacial score (nSPS) is 10.9. The van der Waals surface area contributed by atoms with Gasteiger partial charge in [-0.05, 0) is 29.8 Å². The monoisotopic (exact) mass is 489 g/mol. The summed E-state index contributed by atoms with van der Waals surface area (Å²) < 4.78 is 21.0. The van der Waals surface area contributed by atoms with Gasteiger partial charge in [0, 0.05) is 26.6 Å². The fraction of sp³-hybridized carbons (Fsp3) is 0.421. The van der Waals surface area contributed by atoms with Crippen LogP contribution in [0.25, 0.3) is 0 Å². The highest BCUT2D eigenvalue weighted by atomic mass is 127. The molecule has 27 heavy (non-hydrogen) atoms. The summed E-state index contributed by atoms with van der Waals surface area (Å²) in [4.78, 5) is 4.63. The molecule has 0 fully saturated rings. The van der Waals surface area contributed by atoms with Crippen LogP contribution in [0.3, 0.4) is 0 Å². The molecule has 0 spiro atoms. The summed E-state index contributed by atoms with van der Waals surface area (Å²) in [6, 6.07) is 9.63. The van der Waals surface area contributed by atoms with Crippen molar-refractivity contribution < 1.29 is 18.6 Å². The molecule has 0 radical (unpaired) electrons. The number of hydrogen-bond acceptors (Lipinski definition) is 5. The molecular formula is C19H28IN3O4. The molecular weight excluding hydrogens is 461 g/mol. The molecule has 0 unspecified atom stereocenters. The number of ether oxygens (including phenoxy) is 3.